The first-order valence-corrected chi connectivity index (χ1v) is 9.94. The van der Waals surface area contributed by atoms with Crippen LogP contribution in [0, 0.1) is 19.8 Å². The number of carbonyl (C=O) groups excluding carboxylic acids is 2. The Morgan fingerprint density at radius 1 is 1.00 bits per heavy atom. The topological polar surface area (TPSA) is 52.7 Å². The van der Waals surface area contributed by atoms with E-state index >= 15 is 0 Å². The van der Waals surface area contributed by atoms with E-state index in [1.165, 1.54) is 6.42 Å². The van der Waals surface area contributed by atoms with Crippen molar-refractivity contribution >= 4 is 17.6 Å². The number of hydrogen-bond donors (Lipinski definition) is 1. The van der Waals surface area contributed by atoms with Crippen molar-refractivity contribution in [2.45, 2.75) is 52.4 Å². The van der Waals surface area contributed by atoms with Crippen LogP contribution in [0.1, 0.15) is 49.7 Å². The van der Waals surface area contributed by atoms with Crippen molar-refractivity contribution in [2.75, 3.05) is 31.5 Å². The predicted molar refractivity (Wildman–Crippen MR) is 104 cm³/mol. The number of anilines is 1. The lowest BCUT2D eigenvalue weighted by Gasteiger charge is -2.33. The van der Waals surface area contributed by atoms with Crippen molar-refractivity contribution in [1.82, 2.24) is 9.80 Å². The van der Waals surface area contributed by atoms with Crippen LogP contribution in [0.25, 0.3) is 0 Å². The highest BCUT2D eigenvalue weighted by atomic mass is 16.2. The molecular formula is C21H31N3O2. The Labute approximate surface area is 156 Å². The summed E-state index contributed by atoms with van der Waals surface area (Å²) in [6, 6.07) is 6.07. The summed E-state index contributed by atoms with van der Waals surface area (Å²) in [6.45, 7) is 7.35. The fraction of sp³-hybridized carbons (Fsp3) is 0.619. The highest BCUT2D eigenvalue weighted by Gasteiger charge is 2.26. The van der Waals surface area contributed by atoms with E-state index in [0.717, 1.165) is 68.7 Å². The van der Waals surface area contributed by atoms with Crippen LogP contribution in [0.5, 0.6) is 0 Å². The van der Waals surface area contributed by atoms with Crippen molar-refractivity contribution in [3.63, 3.8) is 0 Å². The summed E-state index contributed by atoms with van der Waals surface area (Å²) < 4.78 is 0. The van der Waals surface area contributed by atoms with Crippen LogP contribution >= 0.6 is 0 Å². The number of piperidine rings is 2. The summed E-state index contributed by atoms with van der Waals surface area (Å²) in [6.07, 6.45) is 6.01. The van der Waals surface area contributed by atoms with Gasteiger partial charge < -0.3 is 15.1 Å². The number of carbonyl (C=O) groups is 2. The molecule has 2 heterocycles. The van der Waals surface area contributed by atoms with Gasteiger partial charge >= 0.3 is 6.03 Å². The van der Waals surface area contributed by atoms with Crippen molar-refractivity contribution in [1.29, 1.82) is 0 Å². The minimum Gasteiger partial charge on any atom is -0.343 e. The minimum absolute atomic E-state index is 0.0282. The molecule has 5 nitrogen and oxygen atoms in total. The van der Waals surface area contributed by atoms with Gasteiger partial charge in [-0.1, -0.05) is 12.1 Å². The van der Waals surface area contributed by atoms with Gasteiger partial charge in [0, 0.05) is 38.3 Å². The molecular weight excluding hydrogens is 326 g/mol. The molecule has 2 saturated heterocycles. The Morgan fingerprint density at radius 3 is 2.38 bits per heavy atom. The molecule has 0 unspecified atom stereocenters. The normalized spacial score (nSPS) is 18.7. The highest BCUT2D eigenvalue weighted by molar-refractivity contribution is 5.90. The van der Waals surface area contributed by atoms with E-state index in [2.05, 4.69) is 11.4 Å². The molecule has 0 aromatic heterocycles. The molecule has 0 saturated carbocycles. The van der Waals surface area contributed by atoms with Gasteiger partial charge in [0.1, 0.15) is 0 Å². The molecule has 3 rings (SSSR count). The van der Waals surface area contributed by atoms with E-state index < -0.39 is 0 Å². The predicted octanol–water partition coefficient (Wildman–Crippen LogP) is 3.95. The molecule has 2 aliphatic rings. The fourth-order valence-corrected chi connectivity index (χ4v) is 3.92. The van der Waals surface area contributed by atoms with Crippen LogP contribution in [0.2, 0.25) is 0 Å². The molecule has 2 aliphatic heterocycles. The smallest absolute Gasteiger partial charge is 0.321 e. The van der Waals surface area contributed by atoms with Gasteiger partial charge in [-0.05, 0) is 69.1 Å². The summed E-state index contributed by atoms with van der Waals surface area (Å²) in [5.74, 6) is 0.720. The van der Waals surface area contributed by atoms with Gasteiger partial charge in [0.15, 0.2) is 0 Å². The summed E-state index contributed by atoms with van der Waals surface area (Å²) in [7, 11) is 0. The maximum Gasteiger partial charge on any atom is 0.321 e. The minimum atomic E-state index is -0.0282. The van der Waals surface area contributed by atoms with E-state index in [0.29, 0.717) is 18.2 Å². The molecule has 2 fully saturated rings. The van der Waals surface area contributed by atoms with Gasteiger partial charge in [0.2, 0.25) is 5.91 Å². The van der Waals surface area contributed by atoms with E-state index in [9.17, 15) is 9.59 Å². The number of amides is 3. The first-order chi connectivity index (χ1) is 12.5. The molecule has 1 aromatic rings. The second-order valence-corrected chi connectivity index (χ2v) is 7.82. The number of likely N-dealkylation sites (tertiary alicyclic amines) is 2. The number of aryl methyl sites for hydroxylation is 2. The van der Waals surface area contributed by atoms with E-state index in [1.807, 2.05) is 35.8 Å². The molecule has 26 heavy (non-hydrogen) atoms. The third kappa shape index (κ3) is 4.77. The quantitative estimate of drug-likeness (QED) is 0.890. The van der Waals surface area contributed by atoms with Crippen LogP contribution in [-0.2, 0) is 4.79 Å². The molecule has 3 amide bonds. The van der Waals surface area contributed by atoms with Crippen LogP contribution in [0.4, 0.5) is 10.5 Å². The molecule has 0 radical (unpaired) electrons. The zero-order valence-corrected chi connectivity index (χ0v) is 16.1. The standard InChI is InChI=1S/C21H31N3O2/c1-16-6-7-17(2)19(14-16)22-21(26)24-12-8-18(9-13-24)15-20(25)23-10-4-3-5-11-23/h6-7,14,18H,3-5,8-13,15H2,1-2H3,(H,22,26). The molecule has 142 valence electrons. The summed E-state index contributed by atoms with van der Waals surface area (Å²) in [5, 5.41) is 3.04. The average Bonchev–Trinajstić information content (AvgIpc) is 2.66. The van der Waals surface area contributed by atoms with Gasteiger partial charge in [-0.15, -0.1) is 0 Å². The molecule has 0 spiro atoms. The van der Waals surface area contributed by atoms with E-state index in [4.69, 9.17) is 0 Å². The van der Waals surface area contributed by atoms with E-state index in [-0.39, 0.29) is 6.03 Å². The number of nitrogens with zero attached hydrogens (tertiary/aromatic N) is 2. The van der Waals surface area contributed by atoms with Crippen LogP contribution in [0.3, 0.4) is 0 Å². The first-order valence-electron chi connectivity index (χ1n) is 9.94. The molecule has 1 aromatic carbocycles. The fourth-order valence-electron chi connectivity index (χ4n) is 3.92. The van der Waals surface area contributed by atoms with Crippen molar-refractivity contribution in [2.24, 2.45) is 5.92 Å². The lowest BCUT2D eigenvalue weighted by molar-refractivity contribution is -0.133. The second-order valence-electron chi connectivity index (χ2n) is 7.82. The summed E-state index contributed by atoms with van der Waals surface area (Å²) in [4.78, 5) is 28.9. The molecule has 1 N–H and O–H groups in total. The van der Waals surface area contributed by atoms with Gasteiger partial charge in [0.25, 0.3) is 0 Å². The zero-order chi connectivity index (χ0) is 18.5. The number of benzene rings is 1. The van der Waals surface area contributed by atoms with Crippen molar-refractivity contribution in [3.05, 3.63) is 29.3 Å². The van der Waals surface area contributed by atoms with Crippen LogP contribution < -0.4 is 5.32 Å². The average molecular weight is 357 g/mol. The van der Waals surface area contributed by atoms with Crippen LogP contribution in [-0.4, -0.2) is 47.9 Å². The number of hydrogen-bond acceptors (Lipinski definition) is 2. The molecule has 0 bridgehead atoms. The zero-order valence-electron chi connectivity index (χ0n) is 16.1. The Kier molecular flexibility index (Phi) is 6.17. The SMILES string of the molecule is Cc1ccc(C)c(NC(=O)N2CCC(CC(=O)N3CCCCC3)CC2)c1. The van der Waals surface area contributed by atoms with Crippen LogP contribution in [0.15, 0.2) is 18.2 Å². The Bertz CT molecular complexity index is 645. The Hall–Kier alpha value is -2.04. The van der Waals surface area contributed by atoms with Gasteiger partial charge in [-0.25, -0.2) is 4.79 Å². The molecule has 0 aliphatic carbocycles. The van der Waals surface area contributed by atoms with Crippen molar-refractivity contribution in [3.8, 4) is 0 Å². The first kappa shape index (κ1) is 18.7. The highest BCUT2D eigenvalue weighted by Crippen LogP contribution is 2.24. The Morgan fingerprint density at radius 2 is 1.69 bits per heavy atom. The van der Waals surface area contributed by atoms with Crippen molar-refractivity contribution < 1.29 is 9.59 Å². The van der Waals surface area contributed by atoms with E-state index in [1.54, 1.807) is 0 Å². The van der Waals surface area contributed by atoms with Gasteiger partial charge in [-0.3, -0.25) is 4.79 Å². The third-order valence-corrected chi connectivity index (χ3v) is 5.71. The third-order valence-electron chi connectivity index (χ3n) is 5.71. The number of nitrogens with one attached hydrogen (secondary N) is 1. The largest absolute Gasteiger partial charge is 0.343 e. The van der Waals surface area contributed by atoms with Gasteiger partial charge in [0.05, 0.1) is 0 Å². The maximum absolute atomic E-state index is 12.5. The molecule has 0 atom stereocenters. The lowest BCUT2D eigenvalue weighted by atomic mass is 9.92. The summed E-state index contributed by atoms with van der Waals surface area (Å²) >= 11 is 0. The lowest BCUT2D eigenvalue weighted by Crippen LogP contribution is -2.42. The Balaban J connectivity index is 1.46. The number of urea groups is 1. The summed E-state index contributed by atoms with van der Waals surface area (Å²) in [5.41, 5.74) is 3.10. The monoisotopic (exact) mass is 357 g/mol. The second kappa shape index (κ2) is 8.56. The molecule has 5 heteroatoms. The maximum atomic E-state index is 12.5. The van der Waals surface area contributed by atoms with Gasteiger partial charge in [-0.2, -0.15) is 0 Å². The number of rotatable bonds is 3.